The Kier molecular flexibility index (Phi) is 7.14. The van der Waals surface area contributed by atoms with E-state index >= 15 is 0 Å². The first kappa shape index (κ1) is 24.6. The quantitative estimate of drug-likeness (QED) is 0.337. The first-order valence-electron chi connectivity index (χ1n) is 10.8. The summed E-state index contributed by atoms with van der Waals surface area (Å²) in [4.78, 5) is 29.7. The Labute approximate surface area is 203 Å². The molecule has 0 saturated heterocycles. The van der Waals surface area contributed by atoms with Gasteiger partial charge in [-0.05, 0) is 52.9 Å². The van der Waals surface area contributed by atoms with E-state index in [0.29, 0.717) is 11.9 Å². The van der Waals surface area contributed by atoms with Gasteiger partial charge >= 0.3 is 0 Å². The number of benzene rings is 3. The molecule has 0 fully saturated rings. The summed E-state index contributed by atoms with van der Waals surface area (Å²) in [6.07, 6.45) is 1.36. The van der Waals surface area contributed by atoms with Crippen LogP contribution in [0.3, 0.4) is 0 Å². The van der Waals surface area contributed by atoms with Gasteiger partial charge in [0, 0.05) is 36.2 Å². The second-order valence-corrected chi connectivity index (χ2v) is 8.11. The van der Waals surface area contributed by atoms with E-state index in [0.717, 1.165) is 40.6 Å². The molecule has 0 saturated carbocycles. The maximum atomic E-state index is 13.7. The van der Waals surface area contributed by atoms with Crippen molar-refractivity contribution in [3.8, 4) is 0 Å². The molecule has 0 radical (unpaired) electrons. The lowest BCUT2D eigenvalue weighted by molar-refractivity contribution is -0.123. The Hall–Kier alpha value is -4.47. The molecule has 0 spiro atoms. The Balaban J connectivity index is 1.54. The highest BCUT2D eigenvalue weighted by Crippen LogP contribution is 2.20. The summed E-state index contributed by atoms with van der Waals surface area (Å²) in [5, 5.41) is 6.67. The molecule has 1 heterocycles. The summed E-state index contributed by atoms with van der Waals surface area (Å²) in [5.41, 5.74) is 6.48. The summed E-state index contributed by atoms with van der Waals surface area (Å²) in [6.45, 7) is 0.0791. The van der Waals surface area contributed by atoms with Gasteiger partial charge in [0.2, 0.25) is 5.91 Å². The van der Waals surface area contributed by atoms with Crippen molar-refractivity contribution >= 4 is 28.4 Å². The molecule has 184 valence electrons. The lowest BCUT2D eigenvalue weighted by atomic mass is 10.0. The maximum absolute atomic E-state index is 13.7. The number of fused-ring (bicyclic) bond motifs is 1. The lowest BCUT2D eigenvalue weighted by Crippen LogP contribution is -2.47. The van der Waals surface area contributed by atoms with Gasteiger partial charge in [0.25, 0.3) is 5.91 Å². The molecule has 0 aliphatic heterocycles. The molecule has 0 aliphatic rings. The predicted octanol–water partition coefficient (Wildman–Crippen LogP) is 4.03. The molecule has 0 bridgehead atoms. The van der Waals surface area contributed by atoms with Crippen LogP contribution in [0.2, 0.25) is 0 Å². The normalized spacial score (nSPS) is 11.8. The molecule has 4 rings (SSSR count). The average molecular weight is 496 g/mol. The summed E-state index contributed by atoms with van der Waals surface area (Å²) in [7, 11) is 0. The zero-order valence-electron chi connectivity index (χ0n) is 18.7. The van der Waals surface area contributed by atoms with Gasteiger partial charge in [-0.15, -0.1) is 0 Å². The van der Waals surface area contributed by atoms with Gasteiger partial charge in [-0.3, -0.25) is 9.59 Å². The molecular formula is C26H20F4N4O2. The van der Waals surface area contributed by atoms with E-state index in [1.165, 1.54) is 6.07 Å². The van der Waals surface area contributed by atoms with Crippen molar-refractivity contribution in [3.05, 3.63) is 107 Å². The standard InChI is InChI=1S/C26H20F4N4O2/c27-18-10-17(11-19(28)12-18)25(35)34-23(9-14-2-4-21(29)22(30)8-14)26(36)33-13-15-1-3-20-16(7-15)5-6-32-24(20)31/h1-8,10-12,23H,9,13H2,(H2,31,32)(H,33,36)(H,34,35)/t23-/m0/s1. The van der Waals surface area contributed by atoms with Gasteiger partial charge < -0.3 is 16.4 Å². The maximum Gasteiger partial charge on any atom is 0.252 e. The van der Waals surface area contributed by atoms with Gasteiger partial charge in [0.1, 0.15) is 23.5 Å². The number of nitrogens with two attached hydrogens (primary N) is 1. The summed E-state index contributed by atoms with van der Waals surface area (Å²) < 4.78 is 54.2. The van der Waals surface area contributed by atoms with Crippen LogP contribution in [0.4, 0.5) is 23.4 Å². The van der Waals surface area contributed by atoms with Crippen LogP contribution in [-0.2, 0) is 17.8 Å². The molecule has 4 aromatic rings. The molecule has 0 aliphatic carbocycles. The molecule has 2 amide bonds. The molecule has 1 atom stereocenters. The number of pyridine rings is 1. The first-order valence-corrected chi connectivity index (χ1v) is 10.8. The minimum absolute atomic E-state index is 0.0791. The third-order valence-corrected chi connectivity index (χ3v) is 5.50. The lowest BCUT2D eigenvalue weighted by Gasteiger charge is -2.19. The number of hydrogen-bond acceptors (Lipinski definition) is 4. The van der Waals surface area contributed by atoms with Gasteiger partial charge in [-0.25, -0.2) is 22.5 Å². The third-order valence-electron chi connectivity index (χ3n) is 5.50. The summed E-state index contributed by atoms with van der Waals surface area (Å²) in [6, 6.07) is 11.2. The number of nitrogens with zero attached hydrogens (tertiary/aromatic N) is 1. The smallest absolute Gasteiger partial charge is 0.252 e. The van der Waals surface area contributed by atoms with Gasteiger partial charge in [-0.2, -0.15) is 0 Å². The number of carbonyl (C=O) groups excluding carboxylic acids is 2. The second-order valence-electron chi connectivity index (χ2n) is 8.11. The summed E-state index contributed by atoms with van der Waals surface area (Å²) >= 11 is 0. The Morgan fingerprint density at radius 2 is 1.58 bits per heavy atom. The fourth-order valence-corrected chi connectivity index (χ4v) is 3.71. The first-order chi connectivity index (χ1) is 17.2. The van der Waals surface area contributed by atoms with Crippen molar-refractivity contribution in [2.45, 2.75) is 19.0 Å². The number of anilines is 1. The minimum Gasteiger partial charge on any atom is -0.383 e. The Bertz CT molecular complexity index is 1440. The van der Waals surface area contributed by atoms with Crippen LogP contribution in [0.15, 0.2) is 66.9 Å². The van der Waals surface area contributed by atoms with Crippen LogP contribution < -0.4 is 16.4 Å². The van der Waals surface area contributed by atoms with Crippen molar-refractivity contribution in [1.82, 2.24) is 15.6 Å². The van der Waals surface area contributed by atoms with Crippen LogP contribution >= 0.6 is 0 Å². The van der Waals surface area contributed by atoms with Crippen LogP contribution in [0, 0.1) is 23.3 Å². The number of nitrogens with one attached hydrogen (secondary N) is 2. The van der Waals surface area contributed by atoms with Crippen LogP contribution in [-0.4, -0.2) is 22.8 Å². The number of amides is 2. The zero-order chi connectivity index (χ0) is 25.8. The molecule has 0 unspecified atom stereocenters. The SMILES string of the molecule is Nc1nccc2cc(CNC(=O)[C@H](Cc3ccc(F)c(F)c3)NC(=O)c3cc(F)cc(F)c3)ccc12. The molecule has 3 aromatic carbocycles. The van der Waals surface area contributed by atoms with E-state index in [4.69, 9.17) is 5.73 Å². The molecule has 10 heteroatoms. The fraction of sp³-hybridized carbons (Fsp3) is 0.115. The second kappa shape index (κ2) is 10.4. The molecule has 36 heavy (non-hydrogen) atoms. The van der Waals surface area contributed by atoms with Crippen molar-refractivity contribution in [3.63, 3.8) is 0 Å². The van der Waals surface area contributed by atoms with E-state index < -0.39 is 41.1 Å². The topological polar surface area (TPSA) is 97.1 Å². The third kappa shape index (κ3) is 5.77. The number of carbonyl (C=O) groups is 2. The van der Waals surface area contributed by atoms with Crippen molar-refractivity contribution in [2.24, 2.45) is 0 Å². The average Bonchev–Trinajstić information content (AvgIpc) is 2.83. The zero-order valence-corrected chi connectivity index (χ0v) is 18.7. The van der Waals surface area contributed by atoms with E-state index in [-0.39, 0.29) is 24.1 Å². The number of nitrogen functional groups attached to an aromatic ring is 1. The molecule has 6 nitrogen and oxygen atoms in total. The highest BCUT2D eigenvalue weighted by molar-refractivity contribution is 5.97. The fourth-order valence-electron chi connectivity index (χ4n) is 3.71. The number of aromatic nitrogens is 1. The van der Waals surface area contributed by atoms with E-state index in [1.807, 2.05) is 6.07 Å². The van der Waals surface area contributed by atoms with Crippen LogP contribution in [0.1, 0.15) is 21.5 Å². The van der Waals surface area contributed by atoms with E-state index in [9.17, 15) is 27.2 Å². The van der Waals surface area contributed by atoms with Gasteiger partial charge in [0.15, 0.2) is 11.6 Å². The largest absolute Gasteiger partial charge is 0.383 e. The minimum atomic E-state index is -1.26. The molecular weight excluding hydrogens is 476 g/mol. The number of hydrogen-bond donors (Lipinski definition) is 3. The van der Waals surface area contributed by atoms with E-state index in [2.05, 4.69) is 15.6 Å². The molecule has 1 aromatic heterocycles. The number of halogens is 4. The van der Waals surface area contributed by atoms with Crippen molar-refractivity contribution < 1.29 is 27.2 Å². The molecule has 4 N–H and O–H groups in total. The summed E-state index contributed by atoms with van der Waals surface area (Å²) in [5.74, 6) is -5.29. The highest BCUT2D eigenvalue weighted by atomic mass is 19.2. The Morgan fingerprint density at radius 1 is 0.861 bits per heavy atom. The Morgan fingerprint density at radius 3 is 2.31 bits per heavy atom. The van der Waals surface area contributed by atoms with Gasteiger partial charge in [0.05, 0.1) is 0 Å². The monoisotopic (exact) mass is 496 g/mol. The van der Waals surface area contributed by atoms with Crippen molar-refractivity contribution in [1.29, 1.82) is 0 Å². The predicted molar refractivity (Wildman–Crippen MR) is 126 cm³/mol. The van der Waals surface area contributed by atoms with E-state index in [1.54, 1.807) is 24.4 Å². The highest BCUT2D eigenvalue weighted by Gasteiger charge is 2.23. The van der Waals surface area contributed by atoms with Crippen molar-refractivity contribution in [2.75, 3.05) is 5.73 Å². The van der Waals surface area contributed by atoms with Crippen LogP contribution in [0.25, 0.3) is 10.8 Å². The number of rotatable bonds is 7. The van der Waals surface area contributed by atoms with Gasteiger partial charge in [-0.1, -0.05) is 18.2 Å². The van der Waals surface area contributed by atoms with Crippen LogP contribution in [0.5, 0.6) is 0 Å².